The Balaban J connectivity index is 1.70. The molecule has 21 heavy (non-hydrogen) atoms. The van der Waals surface area contributed by atoms with Gasteiger partial charge in [-0.3, -0.25) is 9.59 Å². The molecule has 0 atom stereocenters. The zero-order valence-corrected chi connectivity index (χ0v) is 12.6. The molecule has 4 nitrogen and oxygen atoms in total. The van der Waals surface area contributed by atoms with Gasteiger partial charge in [0, 0.05) is 11.1 Å². The lowest BCUT2D eigenvalue weighted by atomic mass is 10.1. The van der Waals surface area contributed by atoms with Crippen LogP contribution < -0.4 is 5.56 Å². The number of benzene rings is 1. The molecule has 0 amide bonds. The molecule has 1 N–H and O–H groups in total. The number of H-pyrrole nitrogens is 1. The van der Waals surface area contributed by atoms with Crippen molar-refractivity contribution in [3.8, 4) is 0 Å². The van der Waals surface area contributed by atoms with Gasteiger partial charge < -0.3 is 4.98 Å². The van der Waals surface area contributed by atoms with E-state index in [0.29, 0.717) is 10.7 Å². The molecule has 2 aromatic rings. The number of thioether (sulfide) groups is 1. The van der Waals surface area contributed by atoms with Gasteiger partial charge in [-0.15, -0.1) is 0 Å². The number of carbonyl (C=O) groups excluding carboxylic acids is 1. The standard InChI is InChI=1S/C16H16N2O2S/c1-10-5-7-11(8-6-10)14(19)9-21-16-17-13-4-2-3-12(13)15(20)18-16/h5-8H,2-4,9H2,1H3,(H,17,18,20). The lowest BCUT2D eigenvalue weighted by Gasteiger charge is -2.04. The summed E-state index contributed by atoms with van der Waals surface area (Å²) in [5.74, 6) is 0.327. The second-order valence-electron chi connectivity index (χ2n) is 5.23. The van der Waals surface area contributed by atoms with Crippen LogP contribution in [0.2, 0.25) is 0 Å². The van der Waals surface area contributed by atoms with E-state index in [2.05, 4.69) is 9.97 Å². The van der Waals surface area contributed by atoms with Gasteiger partial charge in [-0.1, -0.05) is 41.6 Å². The first-order valence-electron chi connectivity index (χ1n) is 6.98. The molecule has 1 heterocycles. The van der Waals surface area contributed by atoms with Crippen molar-refractivity contribution in [3.63, 3.8) is 0 Å². The first-order valence-corrected chi connectivity index (χ1v) is 7.97. The average Bonchev–Trinajstić information content (AvgIpc) is 2.94. The highest BCUT2D eigenvalue weighted by Crippen LogP contribution is 2.20. The lowest BCUT2D eigenvalue weighted by molar-refractivity contribution is 0.102. The van der Waals surface area contributed by atoms with Gasteiger partial charge in [-0.25, -0.2) is 4.98 Å². The lowest BCUT2D eigenvalue weighted by Crippen LogP contribution is -2.15. The molecular formula is C16H16N2O2S. The highest BCUT2D eigenvalue weighted by atomic mass is 32.2. The second-order valence-corrected chi connectivity index (χ2v) is 6.19. The second kappa shape index (κ2) is 5.85. The van der Waals surface area contributed by atoms with E-state index < -0.39 is 0 Å². The van der Waals surface area contributed by atoms with Crippen LogP contribution in [0.1, 0.15) is 33.6 Å². The largest absolute Gasteiger partial charge is 0.301 e. The molecule has 0 unspecified atom stereocenters. The number of aryl methyl sites for hydroxylation is 2. The van der Waals surface area contributed by atoms with Crippen molar-refractivity contribution in [2.45, 2.75) is 31.3 Å². The Bertz CT molecular complexity index is 735. The monoisotopic (exact) mass is 300 g/mol. The smallest absolute Gasteiger partial charge is 0.254 e. The molecule has 0 radical (unpaired) electrons. The quantitative estimate of drug-likeness (QED) is 0.535. The number of Topliss-reactive ketones (excluding diaryl/α,β-unsaturated/α-hetero) is 1. The van der Waals surface area contributed by atoms with Gasteiger partial charge in [0.25, 0.3) is 5.56 Å². The number of carbonyl (C=O) groups is 1. The zero-order valence-electron chi connectivity index (χ0n) is 11.8. The number of fused-ring (bicyclic) bond motifs is 1. The molecule has 1 aromatic heterocycles. The van der Waals surface area contributed by atoms with Gasteiger partial charge in [0.1, 0.15) is 0 Å². The molecule has 0 fully saturated rings. The number of aromatic nitrogens is 2. The summed E-state index contributed by atoms with van der Waals surface area (Å²) in [5, 5.41) is 0.543. The van der Waals surface area contributed by atoms with E-state index in [9.17, 15) is 9.59 Å². The van der Waals surface area contributed by atoms with Crippen LogP contribution in [0.25, 0.3) is 0 Å². The highest BCUT2D eigenvalue weighted by Gasteiger charge is 2.17. The first-order chi connectivity index (χ1) is 10.1. The molecule has 0 saturated heterocycles. The van der Waals surface area contributed by atoms with Crippen molar-refractivity contribution in [3.05, 3.63) is 57.0 Å². The van der Waals surface area contributed by atoms with E-state index in [1.807, 2.05) is 31.2 Å². The Hall–Kier alpha value is -1.88. The Morgan fingerprint density at radius 1 is 1.29 bits per heavy atom. The molecular weight excluding hydrogens is 284 g/mol. The van der Waals surface area contributed by atoms with Crippen LogP contribution in [-0.2, 0) is 12.8 Å². The van der Waals surface area contributed by atoms with Crippen molar-refractivity contribution in [2.24, 2.45) is 0 Å². The van der Waals surface area contributed by atoms with Crippen LogP contribution in [0.5, 0.6) is 0 Å². The van der Waals surface area contributed by atoms with E-state index in [-0.39, 0.29) is 17.1 Å². The van der Waals surface area contributed by atoms with Crippen LogP contribution >= 0.6 is 11.8 Å². The summed E-state index contributed by atoms with van der Waals surface area (Å²) in [7, 11) is 0. The maximum absolute atomic E-state index is 12.1. The fraction of sp³-hybridized carbons (Fsp3) is 0.312. The number of nitrogens with one attached hydrogen (secondary N) is 1. The maximum Gasteiger partial charge on any atom is 0.254 e. The van der Waals surface area contributed by atoms with Crippen LogP contribution in [-0.4, -0.2) is 21.5 Å². The molecule has 1 aliphatic carbocycles. The molecule has 1 aliphatic rings. The molecule has 5 heteroatoms. The summed E-state index contributed by atoms with van der Waals surface area (Å²) in [5.41, 5.74) is 3.47. The van der Waals surface area contributed by atoms with E-state index in [0.717, 1.165) is 36.1 Å². The first kappa shape index (κ1) is 14.1. The minimum atomic E-state index is -0.0530. The third-order valence-corrected chi connectivity index (χ3v) is 4.51. The minimum absolute atomic E-state index is 0.0446. The molecule has 3 rings (SSSR count). The maximum atomic E-state index is 12.1. The van der Waals surface area contributed by atoms with Gasteiger partial charge in [-0.2, -0.15) is 0 Å². The summed E-state index contributed by atoms with van der Waals surface area (Å²) in [6, 6.07) is 7.51. The molecule has 0 spiro atoms. The number of hydrogen-bond acceptors (Lipinski definition) is 4. The van der Waals surface area contributed by atoms with Crippen LogP contribution in [0, 0.1) is 6.92 Å². The van der Waals surface area contributed by atoms with Gasteiger partial charge in [0.05, 0.1) is 11.4 Å². The molecule has 1 aromatic carbocycles. The average molecular weight is 300 g/mol. The third-order valence-electron chi connectivity index (χ3n) is 3.63. The number of rotatable bonds is 4. The normalized spacial score (nSPS) is 13.2. The van der Waals surface area contributed by atoms with Crippen LogP contribution in [0.15, 0.2) is 34.2 Å². The van der Waals surface area contributed by atoms with Crippen molar-refractivity contribution in [2.75, 3.05) is 5.75 Å². The van der Waals surface area contributed by atoms with Gasteiger partial charge in [0.15, 0.2) is 10.9 Å². The molecule has 0 saturated carbocycles. The third kappa shape index (κ3) is 3.08. The summed E-state index contributed by atoms with van der Waals surface area (Å²) < 4.78 is 0. The van der Waals surface area contributed by atoms with E-state index in [1.165, 1.54) is 11.8 Å². The van der Waals surface area contributed by atoms with E-state index in [4.69, 9.17) is 0 Å². The fourth-order valence-electron chi connectivity index (χ4n) is 2.44. The number of nitrogens with zero attached hydrogens (tertiary/aromatic N) is 1. The predicted molar refractivity (Wildman–Crippen MR) is 83.1 cm³/mol. The van der Waals surface area contributed by atoms with E-state index in [1.54, 1.807) is 0 Å². The summed E-state index contributed by atoms with van der Waals surface area (Å²) >= 11 is 1.29. The number of hydrogen-bond donors (Lipinski definition) is 1. The number of ketones is 1. The Morgan fingerprint density at radius 3 is 2.81 bits per heavy atom. The SMILES string of the molecule is Cc1ccc(C(=O)CSc2nc3c(c(=O)[nH]2)CCC3)cc1. The van der Waals surface area contributed by atoms with Gasteiger partial charge >= 0.3 is 0 Å². The summed E-state index contributed by atoms with van der Waals surface area (Å²) in [6.45, 7) is 1.99. The van der Waals surface area contributed by atoms with Crippen molar-refractivity contribution in [1.29, 1.82) is 0 Å². The Labute approximate surface area is 127 Å². The Kier molecular flexibility index (Phi) is 3.92. The number of aromatic amines is 1. The highest BCUT2D eigenvalue weighted by molar-refractivity contribution is 7.99. The zero-order chi connectivity index (χ0) is 14.8. The molecule has 108 valence electrons. The topological polar surface area (TPSA) is 62.8 Å². The van der Waals surface area contributed by atoms with Crippen LogP contribution in [0.4, 0.5) is 0 Å². The van der Waals surface area contributed by atoms with E-state index >= 15 is 0 Å². The van der Waals surface area contributed by atoms with Crippen LogP contribution in [0.3, 0.4) is 0 Å². The van der Waals surface area contributed by atoms with Gasteiger partial charge in [0.2, 0.25) is 0 Å². The molecule has 0 bridgehead atoms. The Morgan fingerprint density at radius 2 is 2.05 bits per heavy atom. The van der Waals surface area contributed by atoms with Crippen molar-refractivity contribution in [1.82, 2.24) is 9.97 Å². The minimum Gasteiger partial charge on any atom is -0.301 e. The van der Waals surface area contributed by atoms with Crippen molar-refractivity contribution >= 4 is 17.5 Å². The summed E-state index contributed by atoms with van der Waals surface area (Å²) in [4.78, 5) is 31.2. The summed E-state index contributed by atoms with van der Waals surface area (Å²) in [6.07, 6.45) is 2.66. The fourth-order valence-corrected chi connectivity index (χ4v) is 3.22. The van der Waals surface area contributed by atoms with Gasteiger partial charge in [-0.05, 0) is 26.2 Å². The molecule has 0 aliphatic heterocycles. The van der Waals surface area contributed by atoms with Crippen molar-refractivity contribution < 1.29 is 4.79 Å². The predicted octanol–water partition coefficient (Wildman–Crippen LogP) is 2.54.